The van der Waals surface area contributed by atoms with Gasteiger partial charge in [-0.05, 0) is 24.1 Å². The maximum Gasteiger partial charge on any atom is 0.315 e. The molecule has 2 amide bonds. The molecule has 1 aliphatic carbocycles. The number of carbonyl (C=O) groups excluding carboxylic acids is 1. The highest BCUT2D eigenvalue weighted by atomic mass is 16.3. The van der Waals surface area contributed by atoms with E-state index < -0.39 is 0 Å². The molecule has 0 bridgehead atoms. The van der Waals surface area contributed by atoms with Gasteiger partial charge in [0, 0.05) is 25.1 Å². The first kappa shape index (κ1) is 13.4. The second-order valence-corrected chi connectivity index (χ2v) is 4.66. The van der Waals surface area contributed by atoms with Crippen LogP contribution in [-0.2, 0) is 6.54 Å². The molecule has 0 fully saturated rings. The average molecular weight is 262 g/mol. The highest BCUT2D eigenvalue weighted by Crippen LogP contribution is 2.16. The van der Waals surface area contributed by atoms with E-state index in [0.29, 0.717) is 6.54 Å². The summed E-state index contributed by atoms with van der Waals surface area (Å²) in [4.78, 5) is 11.7. The van der Waals surface area contributed by atoms with Gasteiger partial charge in [-0.25, -0.2) is 4.79 Å². The number of hydrogen-bond acceptors (Lipinski definition) is 3. The van der Waals surface area contributed by atoms with E-state index in [1.165, 1.54) is 0 Å². The number of benzene rings is 1. The second kappa shape index (κ2) is 6.24. The van der Waals surface area contributed by atoms with Crippen molar-refractivity contribution in [3.05, 3.63) is 42.0 Å². The van der Waals surface area contributed by atoms with Gasteiger partial charge in [-0.3, -0.25) is 0 Å². The molecule has 0 aromatic heterocycles. The smallest absolute Gasteiger partial charge is 0.315 e. The molecule has 4 N–H and O–H groups in total. The first-order chi connectivity index (χ1) is 9.17. The number of amides is 2. The predicted molar refractivity (Wildman–Crippen MR) is 71.6 cm³/mol. The zero-order valence-electron chi connectivity index (χ0n) is 10.5. The molecule has 102 valence electrons. The molecule has 1 aliphatic rings. The van der Waals surface area contributed by atoms with Crippen molar-refractivity contribution in [3.8, 4) is 5.75 Å². The summed E-state index contributed by atoms with van der Waals surface area (Å²) in [6, 6.07) is 6.43. The third-order valence-corrected chi connectivity index (χ3v) is 3.11. The van der Waals surface area contributed by atoms with Gasteiger partial charge in [0.2, 0.25) is 0 Å². The third-order valence-electron chi connectivity index (χ3n) is 3.11. The van der Waals surface area contributed by atoms with Gasteiger partial charge in [0.15, 0.2) is 0 Å². The fourth-order valence-electron chi connectivity index (χ4n) is 2.03. The Morgan fingerprint density at radius 2 is 2.00 bits per heavy atom. The lowest BCUT2D eigenvalue weighted by atomic mass is 10.1. The minimum absolute atomic E-state index is 0.0167. The zero-order chi connectivity index (χ0) is 13.7. The summed E-state index contributed by atoms with van der Waals surface area (Å²) >= 11 is 0. The molecule has 2 rings (SSSR count). The van der Waals surface area contributed by atoms with Gasteiger partial charge < -0.3 is 20.8 Å². The van der Waals surface area contributed by atoms with E-state index in [0.717, 1.165) is 12.0 Å². The first-order valence-corrected chi connectivity index (χ1v) is 6.29. The molecular formula is C14H18N2O3. The van der Waals surface area contributed by atoms with E-state index in [-0.39, 0.29) is 30.3 Å². The summed E-state index contributed by atoms with van der Waals surface area (Å²) in [7, 11) is 0. The quantitative estimate of drug-likeness (QED) is 0.614. The van der Waals surface area contributed by atoms with Crippen molar-refractivity contribution in [2.24, 2.45) is 5.92 Å². The van der Waals surface area contributed by atoms with Crippen LogP contribution < -0.4 is 10.6 Å². The van der Waals surface area contributed by atoms with Crippen LogP contribution in [0.2, 0.25) is 0 Å². The van der Waals surface area contributed by atoms with Crippen LogP contribution >= 0.6 is 0 Å². The molecule has 0 radical (unpaired) electrons. The minimum Gasteiger partial charge on any atom is -0.508 e. The number of nitrogens with one attached hydrogen (secondary N) is 2. The largest absolute Gasteiger partial charge is 0.508 e. The Bertz CT molecular complexity index is 456. The van der Waals surface area contributed by atoms with Crippen LogP contribution in [0.15, 0.2) is 36.4 Å². The van der Waals surface area contributed by atoms with E-state index in [2.05, 4.69) is 10.6 Å². The molecule has 0 saturated carbocycles. The summed E-state index contributed by atoms with van der Waals surface area (Å²) in [5.74, 6) is 0.349. The first-order valence-electron chi connectivity index (χ1n) is 6.29. The summed E-state index contributed by atoms with van der Waals surface area (Å²) in [5, 5.41) is 23.7. The molecule has 5 nitrogen and oxygen atoms in total. The number of urea groups is 1. The average Bonchev–Trinajstić information content (AvgIpc) is 2.86. The normalized spacial score (nSPS) is 21.3. The van der Waals surface area contributed by atoms with Gasteiger partial charge in [0.05, 0.1) is 0 Å². The molecule has 0 unspecified atom stereocenters. The maximum absolute atomic E-state index is 11.7. The number of phenols is 1. The highest BCUT2D eigenvalue weighted by molar-refractivity contribution is 5.74. The minimum atomic E-state index is -0.235. The lowest BCUT2D eigenvalue weighted by Gasteiger charge is -2.13. The summed E-state index contributed by atoms with van der Waals surface area (Å²) in [5.41, 5.74) is 0.920. The summed E-state index contributed by atoms with van der Waals surface area (Å²) < 4.78 is 0. The summed E-state index contributed by atoms with van der Waals surface area (Å²) in [6.07, 6.45) is 4.56. The van der Waals surface area contributed by atoms with Crippen LogP contribution in [0.25, 0.3) is 0 Å². The predicted octanol–water partition coefficient (Wildman–Crippen LogP) is 1.13. The molecule has 0 heterocycles. The van der Waals surface area contributed by atoms with Gasteiger partial charge in [-0.2, -0.15) is 0 Å². The molecule has 1 aromatic rings. The Kier molecular flexibility index (Phi) is 4.41. The van der Waals surface area contributed by atoms with E-state index in [4.69, 9.17) is 10.2 Å². The lowest BCUT2D eigenvalue weighted by molar-refractivity contribution is 0.231. The number of rotatable bonds is 4. The molecule has 1 aromatic carbocycles. The molecule has 5 heteroatoms. The van der Waals surface area contributed by atoms with Crippen molar-refractivity contribution in [2.45, 2.75) is 19.0 Å². The van der Waals surface area contributed by atoms with Gasteiger partial charge in [0.25, 0.3) is 0 Å². The molecule has 0 aliphatic heterocycles. The molecule has 19 heavy (non-hydrogen) atoms. The number of aromatic hydroxyl groups is 1. The Morgan fingerprint density at radius 1 is 1.26 bits per heavy atom. The van der Waals surface area contributed by atoms with Crippen LogP contribution in [0.1, 0.15) is 12.0 Å². The van der Waals surface area contributed by atoms with Gasteiger partial charge in [-0.15, -0.1) is 0 Å². The topological polar surface area (TPSA) is 81.6 Å². The van der Waals surface area contributed by atoms with E-state index in [9.17, 15) is 4.79 Å². The number of hydrogen-bond donors (Lipinski definition) is 4. The monoisotopic (exact) mass is 262 g/mol. The van der Waals surface area contributed by atoms with Crippen molar-refractivity contribution in [2.75, 3.05) is 6.61 Å². The Balaban J connectivity index is 1.73. The van der Waals surface area contributed by atoms with Crippen LogP contribution in [0.5, 0.6) is 5.75 Å². The van der Waals surface area contributed by atoms with Crippen molar-refractivity contribution in [1.29, 1.82) is 0 Å². The van der Waals surface area contributed by atoms with Crippen LogP contribution in [0.4, 0.5) is 4.79 Å². The summed E-state index contributed by atoms with van der Waals surface area (Å²) in [6.45, 7) is 0.524. The molecule has 0 saturated heterocycles. The maximum atomic E-state index is 11.7. The van der Waals surface area contributed by atoms with E-state index in [1.54, 1.807) is 24.3 Å². The van der Waals surface area contributed by atoms with Gasteiger partial charge in [-0.1, -0.05) is 24.3 Å². The van der Waals surface area contributed by atoms with Crippen molar-refractivity contribution in [3.63, 3.8) is 0 Å². The number of aliphatic hydroxyl groups is 1. The van der Waals surface area contributed by atoms with Crippen LogP contribution in [0.3, 0.4) is 0 Å². The number of carbonyl (C=O) groups is 1. The molecule has 0 spiro atoms. The van der Waals surface area contributed by atoms with Crippen LogP contribution in [0, 0.1) is 5.92 Å². The Labute approximate surface area is 112 Å². The van der Waals surface area contributed by atoms with Crippen LogP contribution in [-0.4, -0.2) is 28.9 Å². The fraction of sp³-hybridized carbons (Fsp3) is 0.357. The lowest BCUT2D eigenvalue weighted by Crippen LogP contribution is -2.40. The standard InChI is InChI=1S/C14H18N2O3/c17-9-11-1-4-12(7-11)16-14(19)15-8-10-2-5-13(18)6-3-10/h1-6,11-12,17-18H,7-9H2,(H2,15,16,19)/t11-,12+/m0/s1. The molecular weight excluding hydrogens is 244 g/mol. The third kappa shape index (κ3) is 3.99. The SMILES string of the molecule is O=C(NCc1ccc(O)cc1)N[C@@H]1C=C[C@H](CO)C1. The zero-order valence-corrected chi connectivity index (χ0v) is 10.5. The second-order valence-electron chi connectivity index (χ2n) is 4.66. The fourth-order valence-corrected chi connectivity index (χ4v) is 2.03. The van der Waals surface area contributed by atoms with Crippen molar-refractivity contribution >= 4 is 6.03 Å². The van der Waals surface area contributed by atoms with Crippen molar-refractivity contribution in [1.82, 2.24) is 10.6 Å². The van der Waals surface area contributed by atoms with Gasteiger partial charge >= 0.3 is 6.03 Å². The number of aliphatic hydroxyl groups excluding tert-OH is 1. The van der Waals surface area contributed by atoms with Gasteiger partial charge in [0.1, 0.15) is 5.75 Å². The van der Waals surface area contributed by atoms with E-state index >= 15 is 0 Å². The number of phenolic OH excluding ortho intramolecular Hbond substituents is 1. The Hall–Kier alpha value is -2.01. The van der Waals surface area contributed by atoms with Crippen molar-refractivity contribution < 1.29 is 15.0 Å². The van der Waals surface area contributed by atoms with E-state index in [1.807, 2.05) is 12.2 Å². The Morgan fingerprint density at radius 3 is 2.63 bits per heavy atom. The molecule has 2 atom stereocenters. The highest BCUT2D eigenvalue weighted by Gasteiger charge is 2.19.